The molecule has 3 atom stereocenters. The van der Waals surface area contributed by atoms with E-state index in [1.165, 1.54) is 0 Å². The first kappa shape index (κ1) is 15.7. The Balaban J connectivity index is 1.77. The Morgan fingerprint density at radius 2 is 2.13 bits per heavy atom. The Morgan fingerprint density at radius 3 is 2.83 bits per heavy atom. The average Bonchev–Trinajstić information content (AvgIpc) is 3.15. The van der Waals surface area contributed by atoms with E-state index in [0.717, 1.165) is 36.9 Å². The summed E-state index contributed by atoms with van der Waals surface area (Å²) in [5.41, 5.74) is 8.43. The number of hydrogen-bond donors (Lipinski definition) is 2. The lowest BCUT2D eigenvalue weighted by Crippen LogP contribution is -2.43. The molecule has 1 saturated heterocycles. The Bertz CT molecular complexity index is 626. The number of nitrogens with two attached hydrogens (primary N) is 1. The van der Waals surface area contributed by atoms with E-state index in [1.54, 1.807) is 0 Å². The maximum Gasteiger partial charge on any atom is 0.227 e. The molecule has 0 spiro atoms. The summed E-state index contributed by atoms with van der Waals surface area (Å²) >= 11 is 0. The molecule has 1 amide bonds. The largest absolute Gasteiger partial charge is 0.335 e. The molecular formula is C18H24N4O. The zero-order valence-corrected chi connectivity index (χ0v) is 13.5. The highest BCUT2D eigenvalue weighted by molar-refractivity contribution is 5.80. The normalized spacial score (nSPS) is 21.0. The second-order valence-corrected chi connectivity index (χ2v) is 6.30. The lowest BCUT2D eigenvalue weighted by atomic mass is 9.91. The van der Waals surface area contributed by atoms with Gasteiger partial charge >= 0.3 is 0 Å². The van der Waals surface area contributed by atoms with Crippen molar-refractivity contribution in [2.45, 2.75) is 38.3 Å². The van der Waals surface area contributed by atoms with Crippen LogP contribution < -0.4 is 5.73 Å². The van der Waals surface area contributed by atoms with Crippen LogP contribution in [-0.2, 0) is 4.79 Å². The molecule has 3 N–H and O–H groups in total. The van der Waals surface area contributed by atoms with E-state index in [2.05, 4.69) is 10.2 Å². The molecule has 1 fully saturated rings. The maximum atomic E-state index is 13.0. The minimum absolute atomic E-state index is 0.112. The fraction of sp³-hybridized carbons (Fsp3) is 0.444. The molecule has 1 aliphatic rings. The molecule has 3 rings (SSSR count). The van der Waals surface area contributed by atoms with E-state index < -0.39 is 0 Å². The number of H-pyrrole nitrogens is 1. The zero-order chi connectivity index (χ0) is 16.2. The first-order valence-electron chi connectivity index (χ1n) is 8.28. The van der Waals surface area contributed by atoms with Crippen molar-refractivity contribution in [3.63, 3.8) is 0 Å². The molecule has 0 saturated carbocycles. The summed E-state index contributed by atoms with van der Waals surface area (Å²) in [5, 5.41) is 6.88. The number of rotatable bonds is 4. The number of aromatic nitrogens is 2. The molecule has 3 unspecified atom stereocenters. The first-order chi connectivity index (χ1) is 11.2. The van der Waals surface area contributed by atoms with E-state index in [-0.39, 0.29) is 23.9 Å². The number of amides is 1. The smallest absolute Gasteiger partial charge is 0.227 e. The lowest BCUT2D eigenvalue weighted by molar-refractivity contribution is -0.139. The molecule has 2 aromatic rings. The van der Waals surface area contributed by atoms with E-state index in [9.17, 15) is 4.79 Å². The number of piperidine rings is 1. The van der Waals surface area contributed by atoms with Crippen LogP contribution in [0.3, 0.4) is 0 Å². The van der Waals surface area contributed by atoms with Gasteiger partial charge in [0, 0.05) is 24.3 Å². The van der Waals surface area contributed by atoms with E-state index in [0.29, 0.717) is 0 Å². The van der Waals surface area contributed by atoms with Crippen LogP contribution in [0, 0.1) is 5.92 Å². The highest BCUT2D eigenvalue weighted by atomic mass is 16.2. The van der Waals surface area contributed by atoms with Crippen LogP contribution in [-0.4, -0.2) is 27.5 Å². The molecule has 1 aromatic carbocycles. The molecule has 0 aliphatic carbocycles. The second-order valence-electron chi connectivity index (χ2n) is 6.30. The Morgan fingerprint density at radius 1 is 1.35 bits per heavy atom. The van der Waals surface area contributed by atoms with Crippen LogP contribution in [0.15, 0.2) is 42.7 Å². The van der Waals surface area contributed by atoms with Crippen LogP contribution >= 0.6 is 0 Å². The molecule has 5 heteroatoms. The van der Waals surface area contributed by atoms with Crippen LogP contribution in [0.1, 0.15) is 49.4 Å². The van der Waals surface area contributed by atoms with E-state index >= 15 is 0 Å². The van der Waals surface area contributed by atoms with Gasteiger partial charge in [-0.1, -0.05) is 37.3 Å². The Kier molecular flexibility index (Phi) is 4.76. The van der Waals surface area contributed by atoms with E-state index in [4.69, 9.17) is 5.73 Å². The molecule has 122 valence electrons. The van der Waals surface area contributed by atoms with Gasteiger partial charge in [-0.05, 0) is 24.8 Å². The summed E-state index contributed by atoms with van der Waals surface area (Å²) in [4.78, 5) is 15.0. The molecule has 2 heterocycles. The van der Waals surface area contributed by atoms with Crippen molar-refractivity contribution in [2.75, 3.05) is 6.54 Å². The van der Waals surface area contributed by atoms with Gasteiger partial charge in [-0.25, -0.2) is 0 Å². The van der Waals surface area contributed by atoms with Crippen LogP contribution in [0.5, 0.6) is 0 Å². The van der Waals surface area contributed by atoms with Crippen LogP contribution in [0.2, 0.25) is 0 Å². The highest BCUT2D eigenvalue weighted by Gasteiger charge is 2.33. The number of nitrogens with one attached hydrogen (secondary N) is 1. The number of benzene rings is 1. The number of carbonyl (C=O) groups excluding carboxylic acids is 1. The summed E-state index contributed by atoms with van der Waals surface area (Å²) in [6.07, 6.45) is 6.88. The van der Waals surface area contributed by atoms with Crippen molar-refractivity contribution in [2.24, 2.45) is 11.7 Å². The molecule has 0 radical (unpaired) electrons. The van der Waals surface area contributed by atoms with Crippen molar-refractivity contribution in [3.05, 3.63) is 53.9 Å². The van der Waals surface area contributed by atoms with Crippen molar-refractivity contribution < 1.29 is 4.79 Å². The summed E-state index contributed by atoms with van der Waals surface area (Å²) in [6, 6.07) is 9.68. The molecule has 5 nitrogen and oxygen atoms in total. The molecule has 1 aromatic heterocycles. The highest BCUT2D eigenvalue weighted by Crippen LogP contribution is 2.33. The number of likely N-dealkylation sites (tertiary alicyclic amines) is 1. The minimum Gasteiger partial charge on any atom is -0.335 e. The predicted molar refractivity (Wildman–Crippen MR) is 89.4 cm³/mol. The van der Waals surface area contributed by atoms with Gasteiger partial charge in [0.2, 0.25) is 5.91 Å². The third-order valence-electron chi connectivity index (χ3n) is 4.80. The van der Waals surface area contributed by atoms with Crippen LogP contribution in [0.25, 0.3) is 0 Å². The van der Waals surface area contributed by atoms with Gasteiger partial charge in [0.05, 0.1) is 18.2 Å². The zero-order valence-electron chi connectivity index (χ0n) is 13.5. The summed E-state index contributed by atoms with van der Waals surface area (Å²) < 4.78 is 0. The first-order valence-corrected chi connectivity index (χ1v) is 8.28. The summed E-state index contributed by atoms with van der Waals surface area (Å²) in [7, 11) is 0. The third-order valence-corrected chi connectivity index (χ3v) is 4.80. The van der Waals surface area contributed by atoms with Gasteiger partial charge in [0.25, 0.3) is 0 Å². The van der Waals surface area contributed by atoms with Crippen molar-refractivity contribution in [1.82, 2.24) is 15.1 Å². The topological polar surface area (TPSA) is 75.0 Å². The SMILES string of the molecule is CC(C(=O)N1CCCCC1c1cn[nH]c1)C(N)c1ccccc1. The van der Waals surface area contributed by atoms with Crippen molar-refractivity contribution >= 4 is 5.91 Å². The number of hydrogen-bond acceptors (Lipinski definition) is 3. The quantitative estimate of drug-likeness (QED) is 0.911. The fourth-order valence-corrected chi connectivity index (χ4v) is 3.36. The molecule has 0 bridgehead atoms. The van der Waals surface area contributed by atoms with Crippen LogP contribution in [0.4, 0.5) is 0 Å². The third kappa shape index (κ3) is 3.29. The second kappa shape index (κ2) is 6.96. The Hall–Kier alpha value is -2.14. The monoisotopic (exact) mass is 312 g/mol. The molecule has 1 aliphatic heterocycles. The lowest BCUT2D eigenvalue weighted by Gasteiger charge is -2.38. The van der Waals surface area contributed by atoms with Gasteiger partial charge in [-0.3, -0.25) is 9.89 Å². The van der Waals surface area contributed by atoms with Gasteiger partial charge in [-0.15, -0.1) is 0 Å². The molecule has 23 heavy (non-hydrogen) atoms. The van der Waals surface area contributed by atoms with Crippen molar-refractivity contribution in [3.8, 4) is 0 Å². The van der Waals surface area contributed by atoms with E-state index in [1.807, 2.05) is 54.5 Å². The van der Waals surface area contributed by atoms with Gasteiger partial charge in [0.1, 0.15) is 0 Å². The van der Waals surface area contributed by atoms with Gasteiger partial charge in [-0.2, -0.15) is 5.10 Å². The fourth-order valence-electron chi connectivity index (χ4n) is 3.36. The summed E-state index contributed by atoms with van der Waals surface area (Å²) in [5.74, 6) is -0.114. The predicted octanol–water partition coefficient (Wildman–Crippen LogP) is 2.80. The number of carbonyl (C=O) groups is 1. The van der Waals surface area contributed by atoms with Crippen molar-refractivity contribution in [1.29, 1.82) is 0 Å². The average molecular weight is 312 g/mol. The van der Waals surface area contributed by atoms with Gasteiger partial charge < -0.3 is 10.6 Å². The molecular weight excluding hydrogens is 288 g/mol. The summed E-state index contributed by atoms with van der Waals surface area (Å²) in [6.45, 7) is 2.72. The standard InChI is InChI=1S/C18H24N4O/c1-13(17(19)14-7-3-2-4-8-14)18(23)22-10-6-5-9-16(22)15-11-20-21-12-15/h2-4,7-8,11-13,16-17H,5-6,9-10,19H2,1H3,(H,20,21). The maximum absolute atomic E-state index is 13.0. The Labute approximate surface area is 136 Å². The van der Waals surface area contributed by atoms with Gasteiger partial charge in [0.15, 0.2) is 0 Å². The number of aromatic amines is 1. The minimum atomic E-state index is -0.282. The number of nitrogens with zero attached hydrogens (tertiary/aromatic N) is 2.